The number of hydrogen-bond donors (Lipinski definition) is 1. The second kappa shape index (κ2) is 16.3. The van der Waals surface area contributed by atoms with Crippen molar-refractivity contribution in [3.05, 3.63) is 0 Å². The predicted molar refractivity (Wildman–Crippen MR) is 101 cm³/mol. The second-order valence-corrected chi connectivity index (χ2v) is 7.49. The zero-order valence-corrected chi connectivity index (χ0v) is 17.2. The van der Waals surface area contributed by atoms with Crippen molar-refractivity contribution in [3.63, 3.8) is 0 Å². The van der Waals surface area contributed by atoms with Gasteiger partial charge in [-0.3, -0.25) is 4.79 Å². The third kappa shape index (κ3) is 21.2. The molecule has 0 rings (SSSR count). The molecule has 0 saturated carbocycles. The van der Waals surface area contributed by atoms with Crippen LogP contribution in [0.4, 0.5) is 4.79 Å². The minimum Gasteiger partial charge on any atom is -0.444 e. The maximum absolute atomic E-state index is 11.4. The number of alkyl carbamates (subject to hydrolysis) is 1. The van der Waals surface area contributed by atoms with E-state index in [4.69, 9.17) is 23.7 Å². The summed E-state index contributed by atoms with van der Waals surface area (Å²) in [6.07, 6.45) is -0.448. The van der Waals surface area contributed by atoms with Crippen LogP contribution < -0.4 is 5.32 Å². The van der Waals surface area contributed by atoms with Gasteiger partial charge in [-0.1, -0.05) is 11.8 Å². The Morgan fingerprint density at radius 3 is 1.73 bits per heavy atom. The predicted octanol–water partition coefficient (Wildman–Crippen LogP) is 1.86. The number of amides is 1. The highest BCUT2D eigenvalue weighted by Crippen LogP contribution is 2.06. The first-order valence-electron chi connectivity index (χ1n) is 8.72. The van der Waals surface area contributed by atoms with Crippen molar-refractivity contribution in [1.29, 1.82) is 0 Å². The van der Waals surface area contributed by atoms with E-state index in [0.717, 1.165) is 0 Å². The Labute approximate surface area is 160 Å². The molecule has 1 N–H and O–H groups in total. The standard InChI is InChI=1S/C17H33NO7S/c1-15(19)26-14-13-24-12-11-23-10-9-22-8-7-21-6-5-18-16(20)25-17(2,3)4/h5-14H2,1-4H3,(H,18,20). The monoisotopic (exact) mass is 395 g/mol. The SMILES string of the molecule is CC(=O)SCCOCCOCCOCCOCCNC(=O)OC(C)(C)C. The Bertz CT molecular complexity index is 375. The first-order valence-corrected chi connectivity index (χ1v) is 9.71. The summed E-state index contributed by atoms with van der Waals surface area (Å²) < 4.78 is 26.4. The molecule has 0 fully saturated rings. The van der Waals surface area contributed by atoms with Gasteiger partial charge in [0.2, 0.25) is 0 Å². The summed E-state index contributed by atoms with van der Waals surface area (Å²) in [7, 11) is 0. The smallest absolute Gasteiger partial charge is 0.407 e. The van der Waals surface area contributed by atoms with Crippen LogP contribution in [0.1, 0.15) is 27.7 Å². The molecule has 0 spiro atoms. The molecule has 0 aliphatic rings. The number of carbonyl (C=O) groups excluding carboxylic acids is 2. The van der Waals surface area contributed by atoms with E-state index >= 15 is 0 Å². The Hall–Kier alpha value is -0.870. The normalized spacial score (nSPS) is 11.4. The molecule has 0 saturated heterocycles. The van der Waals surface area contributed by atoms with Gasteiger partial charge in [0.05, 0.1) is 52.9 Å². The van der Waals surface area contributed by atoms with E-state index in [1.165, 1.54) is 11.8 Å². The van der Waals surface area contributed by atoms with E-state index in [9.17, 15) is 9.59 Å². The molecular formula is C17H33NO7S. The van der Waals surface area contributed by atoms with Gasteiger partial charge in [0.15, 0.2) is 5.12 Å². The van der Waals surface area contributed by atoms with E-state index in [-0.39, 0.29) is 5.12 Å². The van der Waals surface area contributed by atoms with Gasteiger partial charge in [-0.05, 0) is 20.8 Å². The van der Waals surface area contributed by atoms with Crippen LogP contribution in [0.5, 0.6) is 0 Å². The van der Waals surface area contributed by atoms with Crippen molar-refractivity contribution in [2.75, 3.05) is 65.2 Å². The average molecular weight is 396 g/mol. The molecule has 154 valence electrons. The summed E-state index contributed by atoms with van der Waals surface area (Å²) in [5.74, 6) is 0.672. The molecule has 0 heterocycles. The molecular weight excluding hydrogens is 362 g/mol. The van der Waals surface area contributed by atoms with Crippen LogP contribution in [-0.4, -0.2) is 82.0 Å². The number of thioether (sulfide) groups is 1. The van der Waals surface area contributed by atoms with Gasteiger partial charge in [-0.15, -0.1) is 0 Å². The minimum atomic E-state index is -0.498. The van der Waals surface area contributed by atoms with Crippen molar-refractivity contribution >= 4 is 23.0 Å². The number of ether oxygens (including phenoxy) is 5. The van der Waals surface area contributed by atoms with Gasteiger partial charge in [-0.2, -0.15) is 0 Å². The highest BCUT2D eigenvalue weighted by molar-refractivity contribution is 8.13. The van der Waals surface area contributed by atoms with Crippen LogP contribution in [0.15, 0.2) is 0 Å². The van der Waals surface area contributed by atoms with Crippen molar-refractivity contribution < 1.29 is 33.3 Å². The first kappa shape index (κ1) is 25.1. The van der Waals surface area contributed by atoms with Crippen molar-refractivity contribution in [2.24, 2.45) is 0 Å². The van der Waals surface area contributed by atoms with Crippen LogP contribution in [0.2, 0.25) is 0 Å². The molecule has 8 nitrogen and oxygen atoms in total. The average Bonchev–Trinajstić information content (AvgIpc) is 2.52. The van der Waals surface area contributed by atoms with Gasteiger partial charge in [-0.25, -0.2) is 4.79 Å². The molecule has 0 aromatic heterocycles. The van der Waals surface area contributed by atoms with Gasteiger partial charge in [0.1, 0.15) is 5.60 Å². The fraction of sp³-hybridized carbons (Fsp3) is 0.882. The third-order valence-electron chi connectivity index (χ3n) is 2.56. The summed E-state index contributed by atoms with van der Waals surface area (Å²) in [5.41, 5.74) is -0.498. The largest absolute Gasteiger partial charge is 0.444 e. The fourth-order valence-electron chi connectivity index (χ4n) is 1.55. The van der Waals surface area contributed by atoms with Gasteiger partial charge < -0.3 is 29.0 Å². The molecule has 0 aliphatic heterocycles. The van der Waals surface area contributed by atoms with E-state index in [1.54, 1.807) is 6.92 Å². The molecule has 0 aliphatic carbocycles. The van der Waals surface area contributed by atoms with Gasteiger partial charge in [0, 0.05) is 19.2 Å². The zero-order chi connectivity index (χ0) is 19.7. The summed E-state index contributed by atoms with van der Waals surface area (Å²) in [4.78, 5) is 22.1. The van der Waals surface area contributed by atoms with Crippen molar-refractivity contribution in [1.82, 2.24) is 5.32 Å². The lowest BCUT2D eigenvalue weighted by atomic mass is 10.2. The third-order valence-corrected chi connectivity index (χ3v) is 3.34. The molecule has 0 bridgehead atoms. The first-order chi connectivity index (χ1) is 12.3. The molecule has 0 aromatic rings. The van der Waals surface area contributed by atoms with Crippen LogP contribution in [-0.2, 0) is 28.5 Å². The minimum absolute atomic E-state index is 0.102. The summed E-state index contributed by atoms with van der Waals surface area (Å²) in [6, 6.07) is 0. The topological polar surface area (TPSA) is 92.3 Å². The number of carbonyl (C=O) groups is 2. The van der Waals surface area contributed by atoms with Crippen LogP contribution in [0.25, 0.3) is 0 Å². The van der Waals surface area contributed by atoms with E-state index in [1.807, 2.05) is 20.8 Å². The van der Waals surface area contributed by atoms with Gasteiger partial charge in [0.25, 0.3) is 0 Å². The molecule has 0 radical (unpaired) electrons. The fourth-order valence-corrected chi connectivity index (χ4v) is 2.03. The Balaban J connectivity index is 3.16. The Morgan fingerprint density at radius 2 is 1.27 bits per heavy atom. The lowest BCUT2D eigenvalue weighted by Crippen LogP contribution is -2.34. The lowest BCUT2D eigenvalue weighted by molar-refractivity contribution is -0.109. The maximum Gasteiger partial charge on any atom is 0.407 e. The molecule has 0 atom stereocenters. The van der Waals surface area contributed by atoms with E-state index in [2.05, 4.69) is 5.32 Å². The van der Waals surface area contributed by atoms with Crippen LogP contribution in [0, 0.1) is 0 Å². The quantitative estimate of drug-likeness (QED) is 0.420. The van der Waals surface area contributed by atoms with Crippen LogP contribution in [0.3, 0.4) is 0 Å². The maximum atomic E-state index is 11.4. The summed E-state index contributed by atoms with van der Waals surface area (Å²) in [5, 5.41) is 2.71. The molecule has 0 unspecified atom stereocenters. The number of rotatable bonds is 15. The summed E-state index contributed by atoms with van der Waals surface area (Å²) >= 11 is 1.26. The summed E-state index contributed by atoms with van der Waals surface area (Å²) in [6.45, 7) is 11.2. The molecule has 1 amide bonds. The van der Waals surface area contributed by atoms with Crippen molar-refractivity contribution in [3.8, 4) is 0 Å². The van der Waals surface area contributed by atoms with E-state index < -0.39 is 11.7 Å². The molecule has 26 heavy (non-hydrogen) atoms. The second-order valence-electron chi connectivity index (χ2n) is 6.22. The molecule has 0 aromatic carbocycles. The Kier molecular flexibility index (Phi) is 15.8. The van der Waals surface area contributed by atoms with Crippen LogP contribution >= 0.6 is 11.8 Å². The zero-order valence-electron chi connectivity index (χ0n) is 16.3. The van der Waals surface area contributed by atoms with Crippen molar-refractivity contribution in [2.45, 2.75) is 33.3 Å². The Morgan fingerprint density at radius 1 is 0.808 bits per heavy atom. The lowest BCUT2D eigenvalue weighted by Gasteiger charge is -2.19. The van der Waals surface area contributed by atoms with E-state index in [0.29, 0.717) is 65.2 Å². The van der Waals surface area contributed by atoms with Gasteiger partial charge >= 0.3 is 6.09 Å². The highest BCUT2D eigenvalue weighted by atomic mass is 32.2. The molecule has 9 heteroatoms. The number of hydrogen-bond acceptors (Lipinski definition) is 8. The highest BCUT2D eigenvalue weighted by Gasteiger charge is 2.15. The number of nitrogens with one attached hydrogen (secondary N) is 1.